The number of hydrogen-bond acceptors (Lipinski definition) is 1. The average Bonchev–Trinajstić information content (AvgIpc) is 3.00. The Morgan fingerprint density at radius 1 is 0.565 bits per heavy atom. The highest BCUT2D eigenvalue weighted by Crippen LogP contribution is 2.40. The lowest BCUT2D eigenvalue weighted by molar-refractivity contribution is -0.189. The molecule has 1 fully saturated rings. The lowest BCUT2D eigenvalue weighted by Crippen LogP contribution is -2.25. The monoisotopic (exact) mass is 644 g/mol. The number of fused-ring (bicyclic) bond motifs is 1. The van der Waals surface area contributed by atoms with Crippen LogP contribution in [0.15, 0.2) is 72.8 Å². The van der Waals surface area contributed by atoms with Crippen LogP contribution in [0.4, 0.5) is 39.5 Å². The molecule has 0 heterocycles. The molecule has 0 saturated heterocycles. The molecular formula is C36H25F9O. The highest BCUT2D eigenvalue weighted by atomic mass is 19.3. The Balaban J connectivity index is 1.27. The van der Waals surface area contributed by atoms with E-state index in [4.69, 9.17) is 0 Å². The van der Waals surface area contributed by atoms with Gasteiger partial charge >= 0.3 is 6.11 Å². The molecule has 46 heavy (non-hydrogen) atoms. The molecule has 0 atom stereocenters. The van der Waals surface area contributed by atoms with Crippen LogP contribution in [-0.2, 0) is 6.11 Å². The van der Waals surface area contributed by atoms with Gasteiger partial charge in [0.15, 0.2) is 29.1 Å². The van der Waals surface area contributed by atoms with E-state index >= 15 is 8.78 Å². The first-order valence-corrected chi connectivity index (χ1v) is 14.6. The molecule has 1 nitrogen and oxygen atoms in total. The van der Waals surface area contributed by atoms with Gasteiger partial charge < -0.3 is 4.74 Å². The van der Waals surface area contributed by atoms with Crippen LogP contribution in [0, 0.1) is 46.6 Å². The van der Waals surface area contributed by atoms with Crippen LogP contribution in [0.1, 0.15) is 49.7 Å². The quantitative estimate of drug-likeness (QED) is 0.132. The molecular weight excluding hydrogens is 619 g/mol. The third-order valence-electron chi connectivity index (χ3n) is 8.59. The molecule has 238 valence electrons. The van der Waals surface area contributed by atoms with E-state index in [-0.39, 0.29) is 34.7 Å². The first kappa shape index (κ1) is 31.5. The molecule has 0 spiro atoms. The van der Waals surface area contributed by atoms with Crippen LogP contribution in [0.25, 0.3) is 33.0 Å². The Kier molecular flexibility index (Phi) is 8.25. The summed E-state index contributed by atoms with van der Waals surface area (Å²) in [6.07, 6.45) is -1.18. The second-order valence-electron chi connectivity index (χ2n) is 11.7. The lowest BCUT2D eigenvalue weighted by Gasteiger charge is -2.27. The van der Waals surface area contributed by atoms with Gasteiger partial charge in [-0.3, -0.25) is 0 Å². The van der Waals surface area contributed by atoms with Crippen molar-refractivity contribution in [1.29, 1.82) is 0 Å². The standard InChI is InChI=1S/C36H25F9O/c1-18-2-4-19(5-3-18)26-10-11-27(34(42)33(26)41)23-9-8-20-12-22(7-6-21(20)13-23)24-14-28(37)32(29(38)15-24)36(44,45)46-25-16-30(39)35(43)31(40)17-25/h6-19H,2-5H2,1H3. The Labute approximate surface area is 258 Å². The Bertz CT molecular complexity index is 1920. The van der Waals surface area contributed by atoms with E-state index in [2.05, 4.69) is 11.7 Å². The molecule has 10 heteroatoms. The Morgan fingerprint density at radius 3 is 1.74 bits per heavy atom. The maximum Gasteiger partial charge on any atom is 0.432 e. The second kappa shape index (κ2) is 12.0. The number of alkyl halides is 2. The molecule has 0 bridgehead atoms. The number of benzene rings is 5. The third kappa shape index (κ3) is 5.92. The molecule has 0 N–H and O–H groups in total. The molecule has 0 aromatic heterocycles. The first-order chi connectivity index (χ1) is 21.8. The topological polar surface area (TPSA) is 9.23 Å². The van der Waals surface area contributed by atoms with Crippen LogP contribution in [0.5, 0.6) is 5.75 Å². The Morgan fingerprint density at radius 2 is 1.13 bits per heavy atom. The van der Waals surface area contributed by atoms with E-state index in [0.29, 0.717) is 39.9 Å². The van der Waals surface area contributed by atoms with Crippen LogP contribution >= 0.6 is 0 Å². The van der Waals surface area contributed by atoms with Crippen LogP contribution in [0.2, 0.25) is 0 Å². The third-order valence-corrected chi connectivity index (χ3v) is 8.59. The van der Waals surface area contributed by atoms with Crippen molar-refractivity contribution in [3.05, 3.63) is 125 Å². The summed E-state index contributed by atoms with van der Waals surface area (Å²) in [7, 11) is 0. The van der Waals surface area contributed by atoms with E-state index in [1.807, 2.05) is 0 Å². The number of hydrogen-bond donors (Lipinski definition) is 0. The highest BCUT2D eigenvalue weighted by molar-refractivity contribution is 5.91. The molecule has 5 aromatic carbocycles. The minimum atomic E-state index is -4.72. The average molecular weight is 645 g/mol. The zero-order valence-electron chi connectivity index (χ0n) is 24.2. The van der Waals surface area contributed by atoms with Crippen LogP contribution in [0.3, 0.4) is 0 Å². The van der Waals surface area contributed by atoms with Crippen molar-refractivity contribution in [2.75, 3.05) is 0 Å². The van der Waals surface area contributed by atoms with Crippen molar-refractivity contribution in [2.24, 2.45) is 5.92 Å². The van der Waals surface area contributed by atoms with E-state index < -0.39 is 58.1 Å². The van der Waals surface area contributed by atoms with Crippen molar-refractivity contribution < 1.29 is 44.3 Å². The van der Waals surface area contributed by atoms with Gasteiger partial charge in [0.05, 0.1) is 0 Å². The number of rotatable bonds is 6. The summed E-state index contributed by atoms with van der Waals surface area (Å²) >= 11 is 0. The number of ether oxygens (including phenoxy) is 1. The molecule has 0 radical (unpaired) electrons. The van der Waals surface area contributed by atoms with Crippen molar-refractivity contribution in [3.63, 3.8) is 0 Å². The van der Waals surface area contributed by atoms with Gasteiger partial charge in [-0.2, -0.15) is 8.78 Å². The maximum atomic E-state index is 15.3. The highest BCUT2D eigenvalue weighted by Gasteiger charge is 2.41. The number of halogens is 9. The SMILES string of the molecule is CC1CCC(c2ccc(-c3ccc4cc(-c5cc(F)c(C(F)(F)Oc6cc(F)c(F)c(F)c6)c(F)c5)ccc4c3)c(F)c2F)CC1. The van der Waals surface area contributed by atoms with Gasteiger partial charge in [-0.25, -0.2) is 30.7 Å². The van der Waals surface area contributed by atoms with E-state index in [0.717, 1.165) is 25.7 Å². The smallest absolute Gasteiger partial charge is 0.429 e. The maximum absolute atomic E-state index is 15.3. The van der Waals surface area contributed by atoms with Gasteiger partial charge in [-0.1, -0.05) is 56.2 Å². The van der Waals surface area contributed by atoms with Crippen LogP contribution < -0.4 is 4.74 Å². The first-order valence-electron chi connectivity index (χ1n) is 14.6. The fraction of sp³-hybridized carbons (Fsp3) is 0.222. The zero-order chi connectivity index (χ0) is 32.9. The molecule has 1 saturated carbocycles. The Hall–Kier alpha value is -4.47. The van der Waals surface area contributed by atoms with Gasteiger partial charge in [0.25, 0.3) is 0 Å². The molecule has 5 aromatic rings. The summed E-state index contributed by atoms with van der Waals surface area (Å²) in [6, 6.07) is 14.2. The predicted molar refractivity (Wildman–Crippen MR) is 156 cm³/mol. The van der Waals surface area contributed by atoms with E-state index in [1.165, 1.54) is 12.1 Å². The largest absolute Gasteiger partial charge is 0.432 e. The van der Waals surface area contributed by atoms with Crippen molar-refractivity contribution in [2.45, 2.75) is 44.6 Å². The second-order valence-corrected chi connectivity index (χ2v) is 11.7. The van der Waals surface area contributed by atoms with Gasteiger partial charge in [0, 0.05) is 17.7 Å². The van der Waals surface area contributed by atoms with Crippen molar-refractivity contribution in [1.82, 2.24) is 0 Å². The summed E-state index contributed by atoms with van der Waals surface area (Å²) in [4.78, 5) is 0. The lowest BCUT2D eigenvalue weighted by atomic mass is 9.79. The summed E-state index contributed by atoms with van der Waals surface area (Å²) in [5.41, 5.74) is -0.785. The molecule has 0 aliphatic heterocycles. The fourth-order valence-corrected chi connectivity index (χ4v) is 6.07. The summed E-state index contributed by atoms with van der Waals surface area (Å²) in [6.45, 7) is 2.15. The summed E-state index contributed by atoms with van der Waals surface area (Å²) in [5.74, 6) is -11.4. The summed E-state index contributed by atoms with van der Waals surface area (Å²) in [5, 5.41) is 1.16. The fourth-order valence-electron chi connectivity index (χ4n) is 6.07. The van der Waals surface area contributed by atoms with Crippen molar-refractivity contribution >= 4 is 10.8 Å². The van der Waals surface area contributed by atoms with E-state index in [1.54, 1.807) is 36.4 Å². The van der Waals surface area contributed by atoms with Crippen LogP contribution in [-0.4, -0.2) is 0 Å². The van der Waals surface area contributed by atoms with Gasteiger partial charge in [-0.05, 0) is 82.0 Å². The van der Waals surface area contributed by atoms with Gasteiger partial charge in [-0.15, -0.1) is 0 Å². The van der Waals surface area contributed by atoms with Gasteiger partial charge in [0.2, 0.25) is 0 Å². The molecule has 1 aliphatic rings. The summed E-state index contributed by atoms with van der Waals surface area (Å²) < 4.78 is 134. The molecule has 0 amide bonds. The predicted octanol–water partition coefficient (Wildman–Crippen LogP) is 11.6. The molecule has 6 rings (SSSR count). The normalized spacial score (nSPS) is 17.0. The van der Waals surface area contributed by atoms with E-state index in [9.17, 15) is 30.7 Å². The molecule has 0 unspecified atom stereocenters. The molecule has 1 aliphatic carbocycles. The minimum absolute atomic E-state index is 0.0267. The minimum Gasteiger partial charge on any atom is -0.429 e. The van der Waals surface area contributed by atoms with Gasteiger partial charge in [0.1, 0.15) is 22.9 Å². The van der Waals surface area contributed by atoms with Crippen molar-refractivity contribution in [3.8, 4) is 28.0 Å². The zero-order valence-corrected chi connectivity index (χ0v) is 24.2.